The van der Waals surface area contributed by atoms with Crippen molar-refractivity contribution in [3.63, 3.8) is 0 Å². The fourth-order valence-electron chi connectivity index (χ4n) is 6.00. The molecule has 5 atom stereocenters. The maximum Gasteiger partial charge on any atom is 0.326 e. The number of benzene rings is 2. The van der Waals surface area contributed by atoms with E-state index in [4.69, 9.17) is 0 Å². The Bertz CT molecular complexity index is 1000. The Hall–Kier alpha value is -2.55. The van der Waals surface area contributed by atoms with Gasteiger partial charge >= 0.3 is 5.97 Å². The minimum Gasteiger partial charge on any atom is -0.480 e. The lowest BCUT2D eigenvalue weighted by Gasteiger charge is -2.49. The van der Waals surface area contributed by atoms with Crippen LogP contribution < -0.4 is 4.90 Å². The first-order valence-electron chi connectivity index (χ1n) is 9.62. The van der Waals surface area contributed by atoms with Crippen molar-refractivity contribution in [1.29, 1.82) is 0 Å². The average molecular weight is 343 g/mol. The fourth-order valence-corrected chi connectivity index (χ4v) is 6.00. The molecule has 2 aliphatic heterocycles. The van der Waals surface area contributed by atoms with Crippen LogP contribution in [0.1, 0.15) is 35.8 Å². The number of nitrogens with zero attached hydrogens (tertiary/aromatic N) is 1. The SMILES string of the molecule is O=C(O)[C@H]1[C@@H]2CC=C[C@@H]2c2c3c(cc4ccccc24)[C@H]2C=CC[C@@H]2CN31. The molecule has 0 radical (unpaired) electrons. The maximum absolute atomic E-state index is 12.3. The van der Waals surface area contributed by atoms with Gasteiger partial charge in [0.15, 0.2) is 0 Å². The van der Waals surface area contributed by atoms with Crippen LogP contribution in [-0.2, 0) is 4.79 Å². The molecule has 0 bridgehead atoms. The van der Waals surface area contributed by atoms with E-state index in [1.54, 1.807) is 0 Å². The summed E-state index contributed by atoms with van der Waals surface area (Å²) in [7, 11) is 0. The predicted molar refractivity (Wildman–Crippen MR) is 103 cm³/mol. The molecule has 0 fully saturated rings. The lowest BCUT2D eigenvalue weighted by Crippen LogP contribution is -2.54. The molecular weight excluding hydrogens is 322 g/mol. The Morgan fingerprint density at radius 2 is 1.88 bits per heavy atom. The molecule has 3 nitrogen and oxygen atoms in total. The van der Waals surface area contributed by atoms with Crippen molar-refractivity contribution in [2.24, 2.45) is 11.8 Å². The Morgan fingerprint density at radius 1 is 1.08 bits per heavy atom. The van der Waals surface area contributed by atoms with Gasteiger partial charge in [0.1, 0.15) is 6.04 Å². The third-order valence-corrected chi connectivity index (χ3v) is 7.00. The van der Waals surface area contributed by atoms with Crippen LogP contribution in [-0.4, -0.2) is 23.7 Å². The Kier molecular flexibility index (Phi) is 2.81. The van der Waals surface area contributed by atoms with Crippen LogP contribution in [0.2, 0.25) is 0 Å². The Labute approximate surface area is 152 Å². The second kappa shape index (κ2) is 5.00. The van der Waals surface area contributed by atoms with E-state index >= 15 is 0 Å². The first-order valence-corrected chi connectivity index (χ1v) is 9.62. The summed E-state index contributed by atoms with van der Waals surface area (Å²) in [5.74, 6) is 0.627. The van der Waals surface area contributed by atoms with Gasteiger partial charge in [0.25, 0.3) is 0 Å². The highest BCUT2D eigenvalue weighted by atomic mass is 16.4. The van der Waals surface area contributed by atoms with Gasteiger partial charge in [0.2, 0.25) is 0 Å². The number of anilines is 1. The molecule has 0 saturated heterocycles. The minimum absolute atomic E-state index is 0.143. The number of hydrogen-bond acceptors (Lipinski definition) is 2. The summed E-state index contributed by atoms with van der Waals surface area (Å²) in [5.41, 5.74) is 3.93. The van der Waals surface area contributed by atoms with Crippen molar-refractivity contribution in [2.45, 2.75) is 30.7 Å². The molecule has 4 aliphatic rings. The van der Waals surface area contributed by atoms with Gasteiger partial charge in [-0.1, -0.05) is 48.6 Å². The van der Waals surface area contributed by atoms with Crippen molar-refractivity contribution in [3.05, 3.63) is 65.8 Å². The van der Waals surface area contributed by atoms with Crippen LogP contribution in [0.15, 0.2) is 54.6 Å². The van der Waals surface area contributed by atoms with Gasteiger partial charge in [0, 0.05) is 30.0 Å². The molecule has 3 heteroatoms. The van der Waals surface area contributed by atoms with Crippen molar-refractivity contribution < 1.29 is 9.90 Å². The topological polar surface area (TPSA) is 40.5 Å². The summed E-state index contributed by atoms with van der Waals surface area (Å²) in [4.78, 5) is 14.5. The first-order chi connectivity index (χ1) is 12.7. The number of fused-ring (bicyclic) bond motifs is 6. The number of hydrogen-bond donors (Lipinski definition) is 1. The van der Waals surface area contributed by atoms with E-state index in [1.807, 2.05) is 0 Å². The van der Waals surface area contributed by atoms with Gasteiger partial charge in [-0.25, -0.2) is 4.79 Å². The van der Waals surface area contributed by atoms with E-state index in [0.717, 1.165) is 19.4 Å². The highest BCUT2D eigenvalue weighted by molar-refractivity contribution is 5.96. The molecule has 6 rings (SSSR count). The number of allylic oxidation sites excluding steroid dienone is 4. The zero-order chi connectivity index (χ0) is 17.4. The predicted octanol–water partition coefficient (Wildman–Crippen LogP) is 4.45. The molecule has 2 aromatic carbocycles. The lowest BCUT2D eigenvalue weighted by atomic mass is 9.70. The molecular formula is C23H21NO2. The van der Waals surface area contributed by atoms with Gasteiger partial charge in [-0.2, -0.15) is 0 Å². The molecule has 2 aliphatic carbocycles. The van der Waals surface area contributed by atoms with Crippen LogP contribution >= 0.6 is 0 Å². The third kappa shape index (κ3) is 1.71. The van der Waals surface area contributed by atoms with Crippen molar-refractivity contribution in [1.82, 2.24) is 0 Å². The smallest absolute Gasteiger partial charge is 0.326 e. The molecule has 0 aromatic heterocycles. The molecule has 130 valence electrons. The van der Waals surface area contributed by atoms with E-state index in [2.05, 4.69) is 59.5 Å². The summed E-state index contributed by atoms with van der Waals surface area (Å²) < 4.78 is 0. The van der Waals surface area contributed by atoms with E-state index < -0.39 is 12.0 Å². The summed E-state index contributed by atoms with van der Waals surface area (Å²) in [6, 6.07) is 10.5. The van der Waals surface area contributed by atoms with Crippen LogP contribution in [0, 0.1) is 11.8 Å². The molecule has 26 heavy (non-hydrogen) atoms. The van der Waals surface area contributed by atoms with Crippen LogP contribution in [0.5, 0.6) is 0 Å². The normalized spacial score (nSPS) is 33.2. The molecule has 0 amide bonds. The molecule has 0 unspecified atom stereocenters. The van der Waals surface area contributed by atoms with Crippen LogP contribution in [0.3, 0.4) is 0 Å². The number of rotatable bonds is 1. The molecule has 0 saturated carbocycles. The maximum atomic E-state index is 12.3. The van der Waals surface area contributed by atoms with E-state index in [9.17, 15) is 9.90 Å². The Morgan fingerprint density at radius 3 is 2.77 bits per heavy atom. The first kappa shape index (κ1) is 14.6. The number of carbonyl (C=O) groups is 1. The standard InChI is InChI=1S/C23H21NO2/c25-23(26)22-18-10-4-9-17(18)20-16-7-2-1-5-13(16)11-19-15-8-3-6-14(15)12-24(22)21(19)20/h1-5,7-9,11,14-15,17-18,22H,6,10,12H2,(H,25,26)/t14-,15+,17+,18-,22-/m1/s1. The molecule has 0 spiro atoms. The minimum atomic E-state index is -0.669. The number of carboxylic acids is 1. The van der Waals surface area contributed by atoms with Crippen molar-refractivity contribution in [3.8, 4) is 0 Å². The highest BCUT2D eigenvalue weighted by Crippen LogP contribution is 2.56. The summed E-state index contributed by atoms with van der Waals surface area (Å²) >= 11 is 0. The summed E-state index contributed by atoms with van der Waals surface area (Å²) in [6.45, 7) is 0.857. The van der Waals surface area contributed by atoms with Crippen LogP contribution in [0.25, 0.3) is 10.8 Å². The monoisotopic (exact) mass is 343 g/mol. The van der Waals surface area contributed by atoms with Gasteiger partial charge in [-0.3, -0.25) is 0 Å². The van der Waals surface area contributed by atoms with Gasteiger partial charge < -0.3 is 10.0 Å². The average Bonchev–Trinajstić information content (AvgIpc) is 3.30. The van der Waals surface area contributed by atoms with Crippen molar-refractivity contribution >= 4 is 22.4 Å². The number of carboxylic acid groups (broad SMARTS) is 1. The highest BCUT2D eigenvalue weighted by Gasteiger charge is 2.50. The third-order valence-electron chi connectivity index (χ3n) is 7.00. The summed E-state index contributed by atoms with van der Waals surface area (Å²) in [6.07, 6.45) is 11.0. The van der Waals surface area contributed by atoms with Gasteiger partial charge in [0.05, 0.1) is 0 Å². The zero-order valence-electron chi connectivity index (χ0n) is 14.5. The second-order valence-corrected chi connectivity index (χ2v) is 8.19. The fraction of sp³-hybridized carbons (Fsp3) is 0.348. The van der Waals surface area contributed by atoms with Crippen LogP contribution in [0.4, 0.5) is 5.69 Å². The lowest BCUT2D eigenvalue weighted by molar-refractivity contribution is -0.140. The summed E-state index contributed by atoms with van der Waals surface area (Å²) in [5, 5.41) is 12.7. The van der Waals surface area contributed by atoms with E-state index in [1.165, 1.54) is 27.6 Å². The Balaban J connectivity index is 1.72. The molecule has 1 N–H and O–H groups in total. The van der Waals surface area contributed by atoms with Crippen molar-refractivity contribution in [2.75, 3.05) is 11.4 Å². The largest absolute Gasteiger partial charge is 0.480 e. The number of aliphatic carboxylic acids is 1. The van der Waals surface area contributed by atoms with E-state index in [-0.39, 0.29) is 11.8 Å². The van der Waals surface area contributed by atoms with Gasteiger partial charge in [-0.15, -0.1) is 0 Å². The molecule has 2 aromatic rings. The quantitative estimate of drug-likeness (QED) is 0.778. The van der Waals surface area contributed by atoms with E-state index in [0.29, 0.717) is 11.8 Å². The molecule has 2 heterocycles. The zero-order valence-corrected chi connectivity index (χ0v) is 14.5. The van der Waals surface area contributed by atoms with Gasteiger partial charge in [-0.05, 0) is 46.7 Å². The second-order valence-electron chi connectivity index (χ2n) is 8.19.